The summed E-state index contributed by atoms with van der Waals surface area (Å²) in [5, 5.41) is 10.1. The Morgan fingerprint density at radius 1 is 1.15 bits per heavy atom. The summed E-state index contributed by atoms with van der Waals surface area (Å²) >= 11 is 3.53. The molecule has 0 saturated carbocycles. The lowest BCUT2D eigenvalue weighted by atomic mass is 10.1. The van der Waals surface area contributed by atoms with Crippen LogP contribution in [0.1, 0.15) is 21.7 Å². The maximum Gasteiger partial charge on any atom is 0.298 e. The van der Waals surface area contributed by atoms with E-state index in [9.17, 15) is 10.1 Å². The number of carbonyl (C=O) groups excluding carboxylic acids is 1. The average molecular weight is 405 g/mol. The van der Waals surface area contributed by atoms with Crippen molar-refractivity contribution in [1.29, 1.82) is 5.26 Å². The average Bonchev–Trinajstić information content (AvgIpc) is 3.26. The molecule has 0 fully saturated rings. The largest absolute Gasteiger partial charge is 0.451 e. The van der Waals surface area contributed by atoms with Crippen molar-refractivity contribution in [3.05, 3.63) is 82.2 Å². The third-order valence-corrected chi connectivity index (χ3v) is 4.91. The fraction of sp³-hybridized carbons (Fsp3) is 0.0476. The van der Waals surface area contributed by atoms with Gasteiger partial charge in [0, 0.05) is 21.6 Å². The van der Waals surface area contributed by atoms with Gasteiger partial charge in [-0.15, -0.1) is 0 Å². The topological polar surface area (TPSA) is 58.9 Å². The molecule has 26 heavy (non-hydrogen) atoms. The van der Waals surface area contributed by atoms with Crippen LogP contribution in [0.25, 0.3) is 22.2 Å². The third kappa shape index (κ3) is 2.65. The Morgan fingerprint density at radius 2 is 1.96 bits per heavy atom. The van der Waals surface area contributed by atoms with Gasteiger partial charge in [-0.25, -0.2) is 0 Å². The molecular formula is C21H13BrN2O2. The van der Waals surface area contributed by atoms with Crippen molar-refractivity contribution in [2.45, 2.75) is 6.92 Å². The number of aromatic nitrogens is 1. The van der Waals surface area contributed by atoms with E-state index in [1.165, 1.54) is 4.57 Å². The van der Waals surface area contributed by atoms with Crippen LogP contribution in [-0.2, 0) is 0 Å². The Kier molecular flexibility index (Phi) is 3.98. The Labute approximate surface area is 158 Å². The van der Waals surface area contributed by atoms with Crippen molar-refractivity contribution >= 4 is 32.7 Å². The molecule has 5 heteroatoms. The van der Waals surface area contributed by atoms with Gasteiger partial charge in [0.2, 0.25) is 0 Å². The van der Waals surface area contributed by atoms with E-state index in [-0.39, 0.29) is 11.7 Å². The number of furan rings is 1. The van der Waals surface area contributed by atoms with Crippen molar-refractivity contribution in [3.63, 3.8) is 0 Å². The molecule has 4 rings (SSSR count). The molecule has 0 saturated heterocycles. The normalized spacial score (nSPS) is 10.8. The molecule has 4 nitrogen and oxygen atoms in total. The molecule has 0 unspecified atom stereocenters. The molecule has 0 aliphatic rings. The molecular weight excluding hydrogens is 392 g/mol. The van der Waals surface area contributed by atoms with Crippen molar-refractivity contribution in [1.82, 2.24) is 4.57 Å². The predicted molar refractivity (Wildman–Crippen MR) is 103 cm³/mol. The van der Waals surface area contributed by atoms with Gasteiger partial charge in [-0.05, 0) is 42.8 Å². The number of hydrogen-bond donors (Lipinski definition) is 0. The molecule has 2 aromatic heterocycles. The van der Waals surface area contributed by atoms with Crippen molar-refractivity contribution < 1.29 is 9.21 Å². The zero-order valence-corrected chi connectivity index (χ0v) is 15.4. The summed E-state index contributed by atoms with van der Waals surface area (Å²) in [6, 6.07) is 18.8. The molecule has 0 aliphatic heterocycles. The van der Waals surface area contributed by atoms with Crippen molar-refractivity contribution in [2.24, 2.45) is 0 Å². The summed E-state index contributed by atoms with van der Waals surface area (Å²) < 4.78 is 8.18. The van der Waals surface area contributed by atoms with Gasteiger partial charge >= 0.3 is 0 Å². The lowest BCUT2D eigenvalue weighted by Crippen LogP contribution is -2.09. The van der Waals surface area contributed by atoms with Crippen LogP contribution in [0, 0.1) is 18.3 Å². The van der Waals surface area contributed by atoms with Crippen LogP contribution in [0.3, 0.4) is 0 Å². The van der Waals surface area contributed by atoms with Crippen LogP contribution in [0.2, 0.25) is 0 Å². The number of nitriles is 1. The quantitative estimate of drug-likeness (QED) is 0.441. The fourth-order valence-electron chi connectivity index (χ4n) is 2.97. The highest BCUT2D eigenvalue weighted by Crippen LogP contribution is 2.31. The fourth-order valence-corrected chi connectivity index (χ4v) is 3.66. The summed E-state index contributed by atoms with van der Waals surface area (Å²) in [6.45, 7) is 2.01. The van der Waals surface area contributed by atoms with E-state index in [1.54, 1.807) is 18.3 Å². The summed E-state index contributed by atoms with van der Waals surface area (Å²) in [7, 11) is 0. The van der Waals surface area contributed by atoms with Crippen molar-refractivity contribution in [3.8, 4) is 17.4 Å². The second-order valence-electron chi connectivity index (χ2n) is 5.99. The minimum Gasteiger partial charge on any atom is -0.451 e. The summed E-state index contributed by atoms with van der Waals surface area (Å²) in [4.78, 5) is 12.9. The number of benzene rings is 2. The van der Waals surface area contributed by atoms with E-state index in [4.69, 9.17) is 4.42 Å². The highest BCUT2D eigenvalue weighted by molar-refractivity contribution is 9.10. The van der Waals surface area contributed by atoms with E-state index < -0.39 is 0 Å². The number of nitrogens with zero attached hydrogens (tertiary/aromatic N) is 2. The van der Waals surface area contributed by atoms with Gasteiger partial charge in [-0.2, -0.15) is 5.26 Å². The number of carbonyl (C=O) groups is 1. The number of hydrogen-bond acceptors (Lipinski definition) is 3. The number of rotatable bonds is 2. The van der Waals surface area contributed by atoms with Gasteiger partial charge in [0.25, 0.3) is 5.91 Å². The van der Waals surface area contributed by atoms with Crippen LogP contribution in [0.5, 0.6) is 0 Å². The van der Waals surface area contributed by atoms with E-state index in [0.29, 0.717) is 16.8 Å². The molecule has 0 aliphatic carbocycles. The van der Waals surface area contributed by atoms with Gasteiger partial charge in [-0.3, -0.25) is 9.36 Å². The number of para-hydroxylation sites is 1. The lowest BCUT2D eigenvalue weighted by molar-refractivity contribution is 0.0938. The van der Waals surface area contributed by atoms with Crippen LogP contribution in [-0.4, -0.2) is 10.5 Å². The molecule has 126 valence electrons. The standard InChI is InChI=1S/C21H13BrN2O2/c1-13-6-7-16(17(22)10-13)19-8-9-20(26-19)21(25)24-12-14(11-23)15-4-2-3-5-18(15)24/h2-10,12H,1H3. The Bertz CT molecular complexity index is 1190. The monoisotopic (exact) mass is 404 g/mol. The highest BCUT2D eigenvalue weighted by Gasteiger charge is 2.19. The maximum atomic E-state index is 12.9. The molecule has 0 bridgehead atoms. The Morgan fingerprint density at radius 3 is 2.73 bits per heavy atom. The zero-order chi connectivity index (χ0) is 18.3. The predicted octanol–water partition coefficient (Wildman–Crippen LogP) is 5.53. The molecule has 2 heterocycles. The number of halogens is 1. The van der Waals surface area contributed by atoms with Crippen LogP contribution >= 0.6 is 15.9 Å². The van der Waals surface area contributed by atoms with Crippen LogP contribution < -0.4 is 0 Å². The lowest BCUT2D eigenvalue weighted by Gasteiger charge is -2.03. The molecule has 4 aromatic rings. The molecule has 2 aromatic carbocycles. The number of aryl methyl sites for hydroxylation is 1. The Balaban J connectivity index is 1.77. The van der Waals surface area contributed by atoms with E-state index >= 15 is 0 Å². The molecule has 0 amide bonds. The zero-order valence-electron chi connectivity index (χ0n) is 13.9. The minimum atomic E-state index is -0.308. The first-order valence-corrected chi connectivity index (χ1v) is 8.79. The first kappa shape index (κ1) is 16.4. The first-order valence-electron chi connectivity index (χ1n) is 8.00. The van der Waals surface area contributed by atoms with Gasteiger partial charge in [-0.1, -0.05) is 40.2 Å². The molecule has 0 N–H and O–H groups in total. The second kappa shape index (κ2) is 6.32. The van der Waals surface area contributed by atoms with Gasteiger partial charge in [0.15, 0.2) is 5.76 Å². The van der Waals surface area contributed by atoms with E-state index in [0.717, 1.165) is 21.0 Å². The van der Waals surface area contributed by atoms with Gasteiger partial charge < -0.3 is 4.42 Å². The maximum absolute atomic E-state index is 12.9. The highest BCUT2D eigenvalue weighted by atomic mass is 79.9. The second-order valence-corrected chi connectivity index (χ2v) is 6.85. The summed E-state index contributed by atoms with van der Waals surface area (Å²) in [5.41, 5.74) is 3.15. The molecule has 0 spiro atoms. The van der Waals surface area contributed by atoms with E-state index in [2.05, 4.69) is 22.0 Å². The van der Waals surface area contributed by atoms with Gasteiger partial charge in [0.05, 0.1) is 11.1 Å². The smallest absolute Gasteiger partial charge is 0.298 e. The van der Waals surface area contributed by atoms with Gasteiger partial charge in [0.1, 0.15) is 11.8 Å². The SMILES string of the molecule is Cc1ccc(-c2ccc(C(=O)n3cc(C#N)c4ccccc43)o2)c(Br)c1. The summed E-state index contributed by atoms with van der Waals surface area (Å²) in [5.74, 6) is 0.520. The first-order chi connectivity index (χ1) is 12.6. The van der Waals surface area contributed by atoms with E-state index in [1.807, 2.05) is 49.4 Å². The van der Waals surface area contributed by atoms with Crippen molar-refractivity contribution in [2.75, 3.05) is 0 Å². The third-order valence-electron chi connectivity index (χ3n) is 4.26. The summed E-state index contributed by atoms with van der Waals surface area (Å²) in [6.07, 6.45) is 1.55. The van der Waals surface area contributed by atoms with Crippen LogP contribution in [0.4, 0.5) is 0 Å². The molecule has 0 radical (unpaired) electrons. The Hall–Kier alpha value is -3.10. The minimum absolute atomic E-state index is 0.220. The number of fused-ring (bicyclic) bond motifs is 1. The van der Waals surface area contributed by atoms with Crippen LogP contribution in [0.15, 0.2) is 69.7 Å². The molecule has 0 atom stereocenters.